The molecule has 2 nitrogen and oxygen atoms in total. The van der Waals surface area contributed by atoms with Crippen LogP contribution in [0.15, 0.2) is 170 Å². The third kappa shape index (κ3) is 3.42. The third-order valence-electron chi connectivity index (χ3n) is 11.1. The van der Waals surface area contributed by atoms with Gasteiger partial charge in [-0.2, -0.15) is 0 Å². The normalized spacial score (nSPS) is 12.4. The summed E-state index contributed by atoms with van der Waals surface area (Å²) in [6, 6.07) is 63.2. The van der Waals surface area contributed by atoms with Crippen molar-refractivity contribution in [2.45, 2.75) is 0 Å². The Kier molecular flexibility index (Phi) is 5.00. The first kappa shape index (κ1) is 26.3. The molecule has 0 N–H and O–H groups in total. The van der Waals surface area contributed by atoms with E-state index >= 15 is 0 Å². The standard InChI is InChI=1S/C48H28N2/c1-3-12-31-25-46-40(23-29(31)10-1)41-24-30-11-2-4-13-32(30)26-47(41)49(46)34-20-21-45-42(27-34)38-17-7-8-19-44(38)50(45)35-22-33-14-9-18-39-36-15-5-6-16-37(36)43(28-35)48(33)39/h1-28H. The summed E-state index contributed by atoms with van der Waals surface area (Å²) < 4.78 is 4.94. The second-order valence-corrected chi connectivity index (χ2v) is 13.8. The molecule has 0 spiro atoms. The fourth-order valence-electron chi connectivity index (χ4n) is 8.98. The van der Waals surface area contributed by atoms with Gasteiger partial charge in [-0.3, -0.25) is 0 Å². The molecule has 50 heavy (non-hydrogen) atoms. The number of fused-ring (bicyclic) bond motifs is 11. The van der Waals surface area contributed by atoms with Crippen LogP contribution in [-0.4, -0.2) is 9.13 Å². The van der Waals surface area contributed by atoms with Crippen molar-refractivity contribution >= 4 is 75.9 Å². The Morgan fingerprint density at radius 2 is 0.780 bits per heavy atom. The zero-order chi connectivity index (χ0) is 32.5. The maximum atomic E-state index is 2.48. The highest BCUT2D eigenvalue weighted by atomic mass is 15.0. The van der Waals surface area contributed by atoms with E-state index in [4.69, 9.17) is 0 Å². The molecule has 12 rings (SSSR count). The highest BCUT2D eigenvalue weighted by Crippen LogP contribution is 2.48. The first-order valence-electron chi connectivity index (χ1n) is 17.3. The first-order valence-corrected chi connectivity index (χ1v) is 17.3. The SMILES string of the molecule is c1ccc2c(c1)-c1cccc3cc(-n4c5ccccc5c5cc(-n6c7cc8ccccc8cc7c7cc8ccccc8cc76)ccc54)cc-2c13. The van der Waals surface area contributed by atoms with Gasteiger partial charge in [-0.1, -0.05) is 109 Å². The summed E-state index contributed by atoms with van der Waals surface area (Å²) in [7, 11) is 0. The molecule has 230 valence electrons. The number of rotatable bonds is 2. The summed E-state index contributed by atoms with van der Waals surface area (Å²) >= 11 is 0. The fourth-order valence-corrected chi connectivity index (χ4v) is 8.98. The number of benzene rings is 9. The van der Waals surface area contributed by atoms with Gasteiger partial charge in [0.1, 0.15) is 0 Å². The van der Waals surface area contributed by atoms with E-state index < -0.39 is 0 Å². The van der Waals surface area contributed by atoms with Crippen LogP contribution in [0.4, 0.5) is 0 Å². The lowest BCUT2D eigenvalue weighted by molar-refractivity contribution is 1.17. The minimum Gasteiger partial charge on any atom is -0.309 e. The van der Waals surface area contributed by atoms with E-state index in [2.05, 4.69) is 179 Å². The number of nitrogens with zero attached hydrogens (tertiary/aromatic N) is 2. The van der Waals surface area contributed by atoms with Crippen LogP contribution in [-0.2, 0) is 0 Å². The van der Waals surface area contributed by atoms with Crippen molar-refractivity contribution in [3.63, 3.8) is 0 Å². The van der Waals surface area contributed by atoms with Crippen molar-refractivity contribution in [2.24, 2.45) is 0 Å². The maximum absolute atomic E-state index is 2.48. The number of hydrogen-bond acceptors (Lipinski definition) is 0. The van der Waals surface area contributed by atoms with Crippen LogP contribution in [0.5, 0.6) is 0 Å². The van der Waals surface area contributed by atoms with E-state index in [9.17, 15) is 0 Å². The Hall–Kier alpha value is -6.64. The quantitative estimate of drug-likeness (QED) is 0.179. The van der Waals surface area contributed by atoms with Crippen LogP contribution in [0.3, 0.4) is 0 Å². The Morgan fingerprint density at radius 1 is 0.260 bits per heavy atom. The molecule has 11 aromatic rings. The highest BCUT2D eigenvalue weighted by Gasteiger charge is 2.23. The molecule has 2 aromatic heterocycles. The summed E-state index contributed by atoms with van der Waals surface area (Å²) in [5, 5.41) is 12.7. The van der Waals surface area contributed by atoms with Gasteiger partial charge in [-0.25, -0.2) is 0 Å². The minimum atomic E-state index is 1.17. The Morgan fingerprint density at radius 3 is 1.50 bits per heavy atom. The van der Waals surface area contributed by atoms with Crippen LogP contribution in [0.2, 0.25) is 0 Å². The van der Waals surface area contributed by atoms with Crippen LogP contribution in [0, 0.1) is 0 Å². The lowest BCUT2D eigenvalue weighted by atomic mass is 10.0. The molecule has 0 saturated heterocycles. The van der Waals surface area contributed by atoms with Gasteiger partial charge in [0.15, 0.2) is 0 Å². The van der Waals surface area contributed by atoms with Gasteiger partial charge in [0.2, 0.25) is 0 Å². The molecule has 0 unspecified atom stereocenters. The van der Waals surface area contributed by atoms with Crippen molar-refractivity contribution in [3.05, 3.63) is 170 Å². The molecule has 1 aliphatic rings. The minimum absolute atomic E-state index is 1.17. The second-order valence-electron chi connectivity index (χ2n) is 13.8. The lowest BCUT2D eigenvalue weighted by Gasteiger charge is -2.13. The molecule has 1 aliphatic carbocycles. The molecule has 0 fully saturated rings. The molecule has 0 saturated carbocycles. The van der Waals surface area contributed by atoms with Crippen molar-refractivity contribution in [1.29, 1.82) is 0 Å². The monoisotopic (exact) mass is 632 g/mol. The lowest BCUT2D eigenvalue weighted by Crippen LogP contribution is -1.96. The van der Waals surface area contributed by atoms with Gasteiger partial charge in [-0.15, -0.1) is 0 Å². The summed E-state index contributed by atoms with van der Waals surface area (Å²) in [5.74, 6) is 0. The summed E-state index contributed by atoms with van der Waals surface area (Å²) in [6.07, 6.45) is 0. The van der Waals surface area contributed by atoms with Crippen molar-refractivity contribution in [1.82, 2.24) is 9.13 Å². The molecule has 2 heteroatoms. The van der Waals surface area contributed by atoms with E-state index in [1.54, 1.807) is 0 Å². The van der Waals surface area contributed by atoms with E-state index in [0.717, 1.165) is 0 Å². The molecular formula is C48H28N2. The molecule has 0 radical (unpaired) electrons. The number of para-hydroxylation sites is 1. The average Bonchev–Trinajstić information content (AvgIpc) is 3.78. The smallest absolute Gasteiger partial charge is 0.0547 e. The summed E-state index contributed by atoms with van der Waals surface area (Å²) in [4.78, 5) is 0. The van der Waals surface area contributed by atoms with E-state index in [1.807, 2.05) is 0 Å². The predicted molar refractivity (Wildman–Crippen MR) is 212 cm³/mol. The molecule has 0 aliphatic heterocycles. The zero-order valence-corrected chi connectivity index (χ0v) is 27.1. The molecule has 0 amide bonds. The second kappa shape index (κ2) is 9.49. The van der Waals surface area contributed by atoms with Crippen molar-refractivity contribution < 1.29 is 0 Å². The van der Waals surface area contributed by atoms with Crippen molar-refractivity contribution in [3.8, 4) is 33.6 Å². The summed E-state index contributed by atoms with van der Waals surface area (Å²) in [5.41, 5.74) is 12.5. The van der Waals surface area contributed by atoms with Gasteiger partial charge in [0.05, 0.1) is 22.1 Å². The number of hydrogen-bond donors (Lipinski definition) is 0. The molecule has 2 heterocycles. The molecule has 9 aromatic carbocycles. The van der Waals surface area contributed by atoms with Crippen LogP contribution in [0.1, 0.15) is 0 Å². The van der Waals surface area contributed by atoms with Crippen LogP contribution in [0.25, 0.3) is 110 Å². The van der Waals surface area contributed by atoms with Gasteiger partial charge >= 0.3 is 0 Å². The molecule has 0 atom stereocenters. The summed E-state index contributed by atoms with van der Waals surface area (Å²) in [6.45, 7) is 0. The van der Waals surface area contributed by atoms with Gasteiger partial charge in [0, 0.05) is 32.9 Å². The average molecular weight is 633 g/mol. The van der Waals surface area contributed by atoms with Gasteiger partial charge in [0.25, 0.3) is 0 Å². The zero-order valence-electron chi connectivity index (χ0n) is 27.1. The van der Waals surface area contributed by atoms with Gasteiger partial charge < -0.3 is 9.13 Å². The molecule has 0 bridgehead atoms. The van der Waals surface area contributed by atoms with Crippen LogP contribution >= 0.6 is 0 Å². The van der Waals surface area contributed by atoms with Crippen molar-refractivity contribution in [2.75, 3.05) is 0 Å². The Labute approximate surface area is 287 Å². The Balaban J connectivity index is 1.16. The fraction of sp³-hybridized carbons (Fsp3) is 0. The topological polar surface area (TPSA) is 9.86 Å². The molecular weight excluding hydrogens is 605 g/mol. The van der Waals surface area contributed by atoms with Gasteiger partial charge in [-0.05, 0) is 115 Å². The predicted octanol–water partition coefficient (Wildman–Crippen LogP) is 13.0. The number of aromatic nitrogens is 2. The third-order valence-corrected chi connectivity index (χ3v) is 11.1. The van der Waals surface area contributed by atoms with E-state index in [0.29, 0.717) is 0 Å². The highest BCUT2D eigenvalue weighted by molar-refractivity contribution is 6.19. The largest absolute Gasteiger partial charge is 0.309 e. The maximum Gasteiger partial charge on any atom is 0.0547 e. The van der Waals surface area contributed by atoms with E-state index in [1.165, 1.54) is 110 Å². The van der Waals surface area contributed by atoms with Crippen LogP contribution < -0.4 is 0 Å². The Bertz CT molecular complexity index is 3170. The van der Waals surface area contributed by atoms with E-state index in [-0.39, 0.29) is 0 Å². The first-order chi connectivity index (χ1) is 24.8.